The summed E-state index contributed by atoms with van der Waals surface area (Å²) in [5, 5.41) is 8.65. The fraction of sp³-hybridized carbons (Fsp3) is 0.875. The minimum Gasteiger partial charge on any atom is -0.396 e. The van der Waals surface area contributed by atoms with E-state index in [0.29, 0.717) is 6.61 Å². The van der Waals surface area contributed by atoms with Gasteiger partial charge in [0.1, 0.15) is 0 Å². The smallest absolute Gasteiger partial charge is 0.0431 e. The van der Waals surface area contributed by atoms with E-state index in [4.69, 9.17) is 5.11 Å². The molecular weight excluding hydrogens is 208 g/mol. The van der Waals surface area contributed by atoms with E-state index in [2.05, 4.69) is 26.8 Å². The Kier molecular flexibility index (Phi) is 12.0. The molecule has 1 nitrogen and oxygen atoms in total. The highest BCUT2D eigenvalue weighted by Crippen LogP contribution is 2.14. The Morgan fingerprint density at radius 1 is 0.882 bits per heavy atom. The molecule has 0 amide bonds. The number of unbranched alkanes of at least 4 members (excludes halogenated alkanes) is 7. The van der Waals surface area contributed by atoms with Gasteiger partial charge in [0.2, 0.25) is 0 Å². The van der Waals surface area contributed by atoms with Crippen molar-refractivity contribution in [3.63, 3.8) is 0 Å². The molecule has 0 aliphatic rings. The minimum atomic E-state index is 0.363. The fourth-order valence-corrected chi connectivity index (χ4v) is 2.29. The summed E-state index contributed by atoms with van der Waals surface area (Å²) in [4.78, 5) is 0. The van der Waals surface area contributed by atoms with Crippen LogP contribution in [0.4, 0.5) is 0 Å². The normalized spacial score (nSPS) is 12.5. The van der Waals surface area contributed by atoms with Crippen LogP contribution in [-0.2, 0) is 0 Å². The number of rotatable bonds is 11. The van der Waals surface area contributed by atoms with Crippen LogP contribution in [0.2, 0.25) is 0 Å². The van der Waals surface area contributed by atoms with Crippen molar-refractivity contribution in [3.05, 3.63) is 11.6 Å². The summed E-state index contributed by atoms with van der Waals surface area (Å²) in [6.45, 7) is 7.05. The van der Waals surface area contributed by atoms with Gasteiger partial charge in [-0.2, -0.15) is 0 Å². The Bertz CT molecular complexity index is 180. The van der Waals surface area contributed by atoms with E-state index in [1.165, 1.54) is 56.9 Å². The highest BCUT2D eigenvalue weighted by atomic mass is 16.2. The van der Waals surface area contributed by atoms with E-state index in [9.17, 15) is 0 Å². The van der Waals surface area contributed by atoms with Gasteiger partial charge in [-0.3, -0.25) is 0 Å². The molecule has 0 spiro atoms. The third-order valence-corrected chi connectivity index (χ3v) is 3.19. The highest BCUT2D eigenvalue weighted by Gasteiger charge is 1.98. The predicted octanol–water partition coefficient (Wildman–Crippen LogP) is 5.09. The number of aliphatic hydroxyl groups is 1. The van der Waals surface area contributed by atoms with Crippen molar-refractivity contribution < 1.29 is 5.11 Å². The number of hydrogen-bond acceptors (Lipinski definition) is 1. The zero-order chi connectivity index (χ0) is 12.9. The molecular formula is C16H32O. The predicted molar refractivity (Wildman–Crippen MR) is 77.2 cm³/mol. The molecule has 1 atom stereocenters. The van der Waals surface area contributed by atoms with Crippen molar-refractivity contribution >= 4 is 0 Å². The van der Waals surface area contributed by atoms with Gasteiger partial charge in [-0.15, -0.1) is 0 Å². The summed E-state index contributed by atoms with van der Waals surface area (Å²) in [6.07, 6.45) is 14.1. The van der Waals surface area contributed by atoms with E-state index >= 15 is 0 Å². The summed E-state index contributed by atoms with van der Waals surface area (Å²) < 4.78 is 0. The van der Waals surface area contributed by atoms with Crippen LogP contribution < -0.4 is 0 Å². The van der Waals surface area contributed by atoms with E-state index in [1.807, 2.05) is 0 Å². The topological polar surface area (TPSA) is 20.2 Å². The molecule has 0 heterocycles. The molecule has 0 aromatic carbocycles. The average molecular weight is 240 g/mol. The largest absolute Gasteiger partial charge is 0.396 e. The Hall–Kier alpha value is -0.300. The second kappa shape index (κ2) is 12.2. The first-order chi connectivity index (χ1) is 8.16. The average Bonchev–Trinajstić information content (AvgIpc) is 2.26. The lowest BCUT2D eigenvalue weighted by Gasteiger charge is -2.07. The Balaban J connectivity index is 3.16. The standard InChI is InChI=1S/C16H32O/c1-15(2)14-16(3)12-10-8-6-4-5-7-9-11-13-17/h14,16-17H,4-13H2,1-3H3. The number of allylic oxidation sites excluding steroid dienone is 2. The zero-order valence-corrected chi connectivity index (χ0v) is 12.2. The lowest BCUT2D eigenvalue weighted by molar-refractivity contribution is 0.282. The van der Waals surface area contributed by atoms with Gasteiger partial charge in [0.25, 0.3) is 0 Å². The van der Waals surface area contributed by atoms with Gasteiger partial charge in [-0.1, -0.05) is 63.5 Å². The van der Waals surface area contributed by atoms with E-state index < -0.39 is 0 Å². The summed E-state index contributed by atoms with van der Waals surface area (Å²) in [7, 11) is 0. The maximum atomic E-state index is 8.65. The molecule has 0 aliphatic carbocycles. The maximum absolute atomic E-state index is 8.65. The van der Waals surface area contributed by atoms with Crippen molar-refractivity contribution in [2.45, 2.75) is 78.6 Å². The first-order valence-corrected chi connectivity index (χ1v) is 7.42. The van der Waals surface area contributed by atoms with E-state index in [-0.39, 0.29) is 0 Å². The molecule has 1 N–H and O–H groups in total. The molecule has 17 heavy (non-hydrogen) atoms. The second-order valence-corrected chi connectivity index (χ2v) is 5.56. The van der Waals surface area contributed by atoms with Crippen LogP contribution in [0.1, 0.15) is 78.6 Å². The number of hydrogen-bond donors (Lipinski definition) is 1. The van der Waals surface area contributed by atoms with Gasteiger partial charge >= 0.3 is 0 Å². The lowest BCUT2D eigenvalue weighted by atomic mass is 10.00. The van der Waals surface area contributed by atoms with Crippen molar-refractivity contribution in [3.8, 4) is 0 Å². The molecule has 0 rings (SSSR count). The monoisotopic (exact) mass is 240 g/mol. The molecule has 0 aromatic rings. The molecule has 0 aliphatic heterocycles. The van der Waals surface area contributed by atoms with E-state index in [0.717, 1.165) is 12.3 Å². The van der Waals surface area contributed by atoms with E-state index in [1.54, 1.807) is 0 Å². The molecule has 1 unspecified atom stereocenters. The summed E-state index contributed by atoms with van der Waals surface area (Å²) in [5.41, 5.74) is 1.45. The van der Waals surface area contributed by atoms with Crippen LogP contribution in [0.5, 0.6) is 0 Å². The molecule has 0 radical (unpaired) electrons. The molecule has 0 aromatic heterocycles. The van der Waals surface area contributed by atoms with Crippen molar-refractivity contribution in [2.24, 2.45) is 5.92 Å². The molecule has 0 saturated heterocycles. The highest BCUT2D eigenvalue weighted by molar-refractivity contribution is 4.95. The van der Waals surface area contributed by atoms with Crippen LogP contribution >= 0.6 is 0 Å². The van der Waals surface area contributed by atoms with Gasteiger partial charge in [-0.25, -0.2) is 0 Å². The lowest BCUT2D eigenvalue weighted by Crippen LogP contribution is -1.91. The Morgan fingerprint density at radius 3 is 1.82 bits per heavy atom. The molecule has 0 fully saturated rings. The van der Waals surface area contributed by atoms with Crippen LogP contribution in [0.25, 0.3) is 0 Å². The third-order valence-electron chi connectivity index (χ3n) is 3.19. The van der Waals surface area contributed by atoms with Crippen LogP contribution in [0.3, 0.4) is 0 Å². The van der Waals surface area contributed by atoms with Gasteiger partial charge in [0, 0.05) is 6.61 Å². The van der Waals surface area contributed by atoms with Crippen LogP contribution in [0, 0.1) is 5.92 Å². The minimum absolute atomic E-state index is 0.363. The Morgan fingerprint density at radius 2 is 1.35 bits per heavy atom. The van der Waals surface area contributed by atoms with Crippen molar-refractivity contribution in [1.82, 2.24) is 0 Å². The maximum Gasteiger partial charge on any atom is 0.0431 e. The first kappa shape index (κ1) is 16.7. The Labute approximate surface area is 108 Å². The molecule has 0 bridgehead atoms. The van der Waals surface area contributed by atoms with Gasteiger partial charge in [-0.05, 0) is 32.6 Å². The van der Waals surface area contributed by atoms with Crippen LogP contribution in [0.15, 0.2) is 11.6 Å². The quantitative estimate of drug-likeness (QED) is 0.394. The third kappa shape index (κ3) is 13.6. The molecule has 0 saturated carbocycles. The second-order valence-electron chi connectivity index (χ2n) is 5.56. The van der Waals surface area contributed by atoms with Crippen LogP contribution in [-0.4, -0.2) is 11.7 Å². The molecule has 102 valence electrons. The zero-order valence-electron chi connectivity index (χ0n) is 12.2. The summed E-state index contributed by atoms with van der Waals surface area (Å²) in [6, 6.07) is 0. The van der Waals surface area contributed by atoms with Gasteiger partial charge < -0.3 is 5.11 Å². The summed E-state index contributed by atoms with van der Waals surface area (Å²) in [5.74, 6) is 0.754. The molecule has 1 heteroatoms. The van der Waals surface area contributed by atoms with Crippen molar-refractivity contribution in [2.75, 3.05) is 6.61 Å². The number of aliphatic hydroxyl groups excluding tert-OH is 1. The van der Waals surface area contributed by atoms with Gasteiger partial charge in [0.15, 0.2) is 0 Å². The fourth-order valence-electron chi connectivity index (χ4n) is 2.29. The SMILES string of the molecule is CC(C)=CC(C)CCCCCCCCCCO. The van der Waals surface area contributed by atoms with Crippen molar-refractivity contribution in [1.29, 1.82) is 0 Å². The van der Waals surface area contributed by atoms with Gasteiger partial charge in [0.05, 0.1) is 0 Å². The first-order valence-electron chi connectivity index (χ1n) is 7.42. The summed E-state index contributed by atoms with van der Waals surface area (Å²) >= 11 is 0.